The second-order valence-corrected chi connectivity index (χ2v) is 12.4. The summed E-state index contributed by atoms with van der Waals surface area (Å²) in [5, 5.41) is 13.0. The van der Waals surface area contributed by atoms with Crippen LogP contribution in [0.1, 0.15) is 48.6 Å². The average molecular weight is 522 g/mol. The van der Waals surface area contributed by atoms with Crippen LogP contribution >= 0.6 is 27.2 Å². The molecule has 3 rings (SSSR count). The standard InChI is InChI=1S/C26H30NOP.2ClH.Ti/c1-17-11-10-14-21(23(27-6)19-12-8-7-9-13-19)25(17)29-22-16-20(26(3,4)5)15-18(2)24(22)28;;;/h7-16,28-29H,1-6H3;2*1H;/q;;;+2/p-2. The van der Waals surface area contributed by atoms with Crippen LogP contribution in [0.5, 0.6) is 5.75 Å². The second-order valence-electron chi connectivity index (χ2n) is 8.57. The number of aryl methyl sites for hydroxylation is 2. The molecule has 0 radical (unpaired) electrons. The Morgan fingerprint density at radius 1 is 0.938 bits per heavy atom. The van der Waals surface area contributed by atoms with Crippen LogP contribution in [-0.4, -0.2) is 17.9 Å². The third kappa shape index (κ3) is 6.93. The van der Waals surface area contributed by atoms with Gasteiger partial charge in [-0.05, 0) is 47.3 Å². The van der Waals surface area contributed by atoms with E-state index in [1.807, 2.05) is 32.2 Å². The van der Waals surface area contributed by atoms with Crippen molar-refractivity contribution in [2.75, 3.05) is 7.05 Å². The Hall–Kier alpha value is -1.15. The van der Waals surface area contributed by atoms with Gasteiger partial charge in [0.15, 0.2) is 0 Å². The number of rotatable bonds is 4. The molecule has 0 aliphatic heterocycles. The molecular weight excluding hydrogens is 492 g/mol. The van der Waals surface area contributed by atoms with E-state index < -0.39 is 17.0 Å². The summed E-state index contributed by atoms with van der Waals surface area (Å²) in [7, 11) is 12.0. The molecule has 0 saturated carbocycles. The molecule has 3 aromatic carbocycles. The first kappa shape index (κ1) is 27.1. The van der Waals surface area contributed by atoms with Crippen LogP contribution in [0.15, 0.2) is 65.7 Å². The van der Waals surface area contributed by atoms with Crippen molar-refractivity contribution in [2.45, 2.75) is 40.0 Å². The predicted molar refractivity (Wildman–Crippen MR) is 140 cm³/mol. The first-order chi connectivity index (χ1) is 15.1. The molecule has 168 valence electrons. The van der Waals surface area contributed by atoms with E-state index in [1.54, 1.807) is 0 Å². The number of aliphatic imine (C=N–C) groups is 1. The molecule has 3 aromatic rings. The number of phenols is 1. The van der Waals surface area contributed by atoms with Gasteiger partial charge in [0.05, 0.1) is 5.71 Å². The summed E-state index contributed by atoms with van der Waals surface area (Å²) in [5.41, 5.74) is 6.66. The number of phenolic OH excluding ortho intramolecular Hbond substituents is 1. The van der Waals surface area contributed by atoms with Crippen molar-refractivity contribution < 1.29 is 22.1 Å². The van der Waals surface area contributed by atoms with E-state index in [4.69, 9.17) is 18.6 Å². The van der Waals surface area contributed by atoms with E-state index in [-0.39, 0.29) is 5.41 Å². The molecule has 1 atom stereocenters. The summed E-state index contributed by atoms with van der Waals surface area (Å²) in [6.07, 6.45) is 0. The summed E-state index contributed by atoms with van der Waals surface area (Å²) in [6, 6.07) is 20.9. The minimum atomic E-state index is -0.556. The van der Waals surface area contributed by atoms with Gasteiger partial charge in [-0.15, -0.1) is 0 Å². The topological polar surface area (TPSA) is 32.6 Å². The Kier molecular flexibility index (Phi) is 10.5. The van der Waals surface area contributed by atoms with Gasteiger partial charge < -0.3 is 5.11 Å². The normalized spacial score (nSPS) is 11.9. The maximum absolute atomic E-state index is 10.8. The Bertz CT molecular complexity index is 1080. The van der Waals surface area contributed by atoms with Gasteiger partial charge >= 0.3 is 35.6 Å². The fourth-order valence-electron chi connectivity index (χ4n) is 3.47. The zero-order valence-corrected chi connectivity index (χ0v) is 23.5. The summed E-state index contributed by atoms with van der Waals surface area (Å²) in [4.78, 5) is 4.63. The zero-order chi connectivity index (χ0) is 23.9. The molecule has 0 amide bonds. The van der Waals surface area contributed by atoms with Gasteiger partial charge in [0.1, 0.15) is 5.75 Å². The maximum atomic E-state index is 10.8. The van der Waals surface area contributed by atoms with Gasteiger partial charge in [0, 0.05) is 23.5 Å². The van der Waals surface area contributed by atoms with Gasteiger partial charge in [-0.1, -0.05) is 83.9 Å². The molecule has 6 heteroatoms. The molecule has 1 unspecified atom stereocenters. The van der Waals surface area contributed by atoms with E-state index in [1.165, 1.54) is 16.4 Å². The van der Waals surface area contributed by atoms with Crippen LogP contribution < -0.4 is 10.6 Å². The number of aromatic hydroxyl groups is 1. The number of hydrogen-bond acceptors (Lipinski definition) is 2. The summed E-state index contributed by atoms with van der Waals surface area (Å²) < 4.78 is 0. The predicted octanol–water partition coefficient (Wildman–Crippen LogP) is 6.78. The van der Waals surface area contributed by atoms with E-state index in [0.717, 1.165) is 27.7 Å². The van der Waals surface area contributed by atoms with Crippen molar-refractivity contribution in [2.24, 2.45) is 4.99 Å². The first-order valence-electron chi connectivity index (χ1n) is 10.3. The summed E-state index contributed by atoms with van der Waals surface area (Å²) in [6.45, 7) is 10.8. The van der Waals surface area contributed by atoms with Crippen molar-refractivity contribution in [3.63, 3.8) is 0 Å². The zero-order valence-electron chi connectivity index (χ0n) is 19.4. The molecule has 0 saturated heterocycles. The van der Waals surface area contributed by atoms with Gasteiger partial charge in [-0.2, -0.15) is 0 Å². The van der Waals surface area contributed by atoms with E-state index in [2.05, 4.69) is 75.2 Å². The van der Waals surface area contributed by atoms with Gasteiger partial charge in [0.25, 0.3) is 0 Å². The molecule has 0 bridgehead atoms. The molecule has 32 heavy (non-hydrogen) atoms. The van der Waals surface area contributed by atoms with Crippen LogP contribution in [0.3, 0.4) is 0 Å². The van der Waals surface area contributed by atoms with E-state index in [0.29, 0.717) is 14.3 Å². The summed E-state index contributed by atoms with van der Waals surface area (Å²) in [5.74, 6) is 0.403. The Morgan fingerprint density at radius 2 is 1.56 bits per heavy atom. The third-order valence-electron chi connectivity index (χ3n) is 5.22. The molecule has 0 spiro atoms. The molecular formula is C26H30Cl2NOPTi. The van der Waals surface area contributed by atoms with Crippen LogP contribution in [0, 0.1) is 13.8 Å². The number of benzene rings is 3. The Morgan fingerprint density at radius 3 is 2.12 bits per heavy atom. The van der Waals surface area contributed by atoms with Crippen molar-refractivity contribution in [3.05, 3.63) is 88.5 Å². The molecule has 0 aliphatic rings. The minimum absolute atomic E-state index is 0.0341. The molecule has 2 nitrogen and oxygen atoms in total. The van der Waals surface area contributed by atoms with Crippen LogP contribution in [0.2, 0.25) is 0 Å². The third-order valence-corrected chi connectivity index (χ3v) is 6.79. The van der Waals surface area contributed by atoms with Crippen molar-refractivity contribution >= 4 is 43.5 Å². The molecule has 1 N–H and O–H groups in total. The van der Waals surface area contributed by atoms with E-state index in [9.17, 15) is 5.11 Å². The quantitative estimate of drug-likeness (QED) is 0.229. The van der Waals surface area contributed by atoms with E-state index >= 15 is 0 Å². The second kappa shape index (κ2) is 12.4. The van der Waals surface area contributed by atoms with Crippen molar-refractivity contribution in [3.8, 4) is 5.75 Å². The molecule has 0 aliphatic carbocycles. The first-order valence-corrected chi connectivity index (χ1v) is 15.6. The summed E-state index contributed by atoms with van der Waals surface area (Å²) >= 11 is -0.556. The fourth-order valence-corrected chi connectivity index (χ4v) is 4.90. The Balaban J connectivity index is 0.00000114. The molecule has 0 fully saturated rings. The van der Waals surface area contributed by atoms with Crippen LogP contribution in [0.4, 0.5) is 0 Å². The molecule has 0 heterocycles. The van der Waals surface area contributed by atoms with Gasteiger partial charge in [-0.3, -0.25) is 4.99 Å². The van der Waals surface area contributed by atoms with Crippen LogP contribution in [0.25, 0.3) is 0 Å². The van der Waals surface area contributed by atoms with Crippen molar-refractivity contribution in [1.82, 2.24) is 0 Å². The average Bonchev–Trinajstić information content (AvgIpc) is 2.74. The Labute approximate surface area is 210 Å². The van der Waals surface area contributed by atoms with Gasteiger partial charge in [-0.25, -0.2) is 0 Å². The molecule has 0 aromatic heterocycles. The van der Waals surface area contributed by atoms with Gasteiger partial charge in [0.2, 0.25) is 0 Å². The van der Waals surface area contributed by atoms with Crippen LogP contribution in [-0.2, 0) is 22.4 Å². The van der Waals surface area contributed by atoms with Crippen molar-refractivity contribution in [1.29, 1.82) is 0 Å². The number of nitrogens with zero attached hydrogens (tertiary/aromatic N) is 1. The monoisotopic (exact) mass is 521 g/mol. The number of hydrogen-bond donors (Lipinski definition) is 1. The fraction of sp³-hybridized carbons (Fsp3) is 0.269. The number of halogens is 2. The SMILES string of the molecule is CN=C(c1ccccc1)c1cccc(C)c1Pc1cc(C(C)(C)C)cc(C)c1O.[Cl][Ti][Cl].